The highest BCUT2D eigenvalue weighted by Crippen LogP contribution is 2.38. The van der Waals surface area contributed by atoms with Gasteiger partial charge in [0.25, 0.3) is 0 Å². The SMILES string of the molecule is Cc1cc(C=NNC(=O)c2cc3c(ccc4ccccc43)o2)c(C)n1-c1sc2c(c1C#N)CCCC2. The molecule has 0 atom stereocenters. The van der Waals surface area contributed by atoms with Crippen LogP contribution in [0.4, 0.5) is 0 Å². The van der Waals surface area contributed by atoms with E-state index in [0.717, 1.165) is 62.9 Å². The highest BCUT2D eigenvalue weighted by Gasteiger charge is 2.23. The third-order valence-electron chi connectivity index (χ3n) is 6.96. The first-order valence-electron chi connectivity index (χ1n) is 12.0. The van der Waals surface area contributed by atoms with Crippen LogP contribution < -0.4 is 5.43 Å². The van der Waals surface area contributed by atoms with Crippen LogP contribution in [0.1, 0.15) is 56.4 Å². The largest absolute Gasteiger partial charge is 0.451 e. The molecule has 6 nitrogen and oxygen atoms in total. The molecule has 0 radical (unpaired) electrons. The minimum absolute atomic E-state index is 0.215. The van der Waals surface area contributed by atoms with Crippen molar-refractivity contribution in [2.45, 2.75) is 39.5 Å². The van der Waals surface area contributed by atoms with E-state index in [-0.39, 0.29) is 5.76 Å². The van der Waals surface area contributed by atoms with Crippen molar-refractivity contribution in [1.82, 2.24) is 9.99 Å². The molecule has 178 valence electrons. The van der Waals surface area contributed by atoms with Gasteiger partial charge in [-0.15, -0.1) is 11.3 Å². The van der Waals surface area contributed by atoms with Gasteiger partial charge in [-0.05, 0) is 74.1 Å². The number of aryl methyl sites for hydroxylation is 2. The zero-order valence-corrected chi connectivity index (χ0v) is 20.9. The number of carbonyl (C=O) groups excluding carboxylic acids is 1. The van der Waals surface area contributed by atoms with Crippen molar-refractivity contribution in [3.63, 3.8) is 0 Å². The zero-order valence-electron chi connectivity index (χ0n) is 20.1. The fourth-order valence-electron chi connectivity index (χ4n) is 5.18. The molecule has 5 aromatic rings. The van der Waals surface area contributed by atoms with Gasteiger partial charge in [0.15, 0.2) is 5.76 Å². The summed E-state index contributed by atoms with van der Waals surface area (Å²) < 4.78 is 7.93. The van der Waals surface area contributed by atoms with Crippen LogP contribution in [0.15, 0.2) is 58.0 Å². The Hall–Kier alpha value is -4.15. The van der Waals surface area contributed by atoms with Crippen LogP contribution in [0.5, 0.6) is 0 Å². The number of benzene rings is 2. The lowest BCUT2D eigenvalue weighted by molar-refractivity contribution is 0.0929. The number of nitrogens with one attached hydrogen (secondary N) is 1. The number of thiophene rings is 1. The number of nitrogens with zero attached hydrogens (tertiary/aromatic N) is 3. The van der Waals surface area contributed by atoms with Gasteiger partial charge in [-0.3, -0.25) is 4.79 Å². The van der Waals surface area contributed by atoms with Gasteiger partial charge >= 0.3 is 5.91 Å². The number of hydrazone groups is 1. The van der Waals surface area contributed by atoms with Crippen LogP contribution in [-0.4, -0.2) is 16.7 Å². The summed E-state index contributed by atoms with van der Waals surface area (Å²) in [6, 6.07) is 18.1. The number of furan rings is 1. The number of rotatable bonds is 4. The molecule has 0 saturated heterocycles. The summed E-state index contributed by atoms with van der Waals surface area (Å²) in [6.07, 6.45) is 5.99. The maximum atomic E-state index is 12.8. The molecule has 0 bridgehead atoms. The number of hydrogen-bond donors (Lipinski definition) is 1. The first kappa shape index (κ1) is 22.3. The molecule has 6 rings (SSSR count). The van der Waals surface area contributed by atoms with E-state index >= 15 is 0 Å². The number of fused-ring (bicyclic) bond motifs is 4. The summed E-state index contributed by atoms with van der Waals surface area (Å²) in [7, 11) is 0. The van der Waals surface area contributed by atoms with Gasteiger partial charge in [0.05, 0.1) is 11.8 Å². The Bertz CT molecular complexity index is 1730. The molecule has 0 aliphatic heterocycles. The zero-order chi connectivity index (χ0) is 24.8. The fourth-order valence-corrected chi connectivity index (χ4v) is 6.63. The number of carbonyl (C=O) groups is 1. The van der Waals surface area contributed by atoms with E-state index in [2.05, 4.69) is 21.2 Å². The second-order valence-electron chi connectivity index (χ2n) is 9.17. The maximum absolute atomic E-state index is 12.8. The molecule has 36 heavy (non-hydrogen) atoms. The van der Waals surface area contributed by atoms with Crippen molar-refractivity contribution in [3.8, 4) is 11.1 Å². The average molecular weight is 493 g/mol. The van der Waals surface area contributed by atoms with E-state index < -0.39 is 5.91 Å². The van der Waals surface area contributed by atoms with Gasteiger partial charge < -0.3 is 8.98 Å². The predicted molar refractivity (Wildman–Crippen MR) is 143 cm³/mol. The third kappa shape index (κ3) is 3.62. The van der Waals surface area contributed by atoms with Crippen LogP contribution in [0.2, 0.25) is 0 Å². The van der Waals surface area contributed by atoms with Crippen molar-refractivity contribution in [2.24, 2.45) is 5.10 Å². The quantitative estimate of drug-likeness (QED) is 0.227. The first-order chi connectivity index (χ1) is 17.5. The molecule has 0 fully saturated rings. The first-order valence-corrected chi connectivity index (χ1v) is 12.9. The Labute approximate surface area is 212 Å². The van der Waals surface area contributed by atoms with Gasteiger partial charge in [0, 0.05) is 27.2 Å². The average Bonchev–Trinajstić information content (AvgIpc) is 3.57. The molecule has 0 saturated carbocycles. The fraction of sp³-hybridized carbons (Fsp3) is 0.207. The van der Waals surface area contributed by atoms with Gasteiger partial charge in [-0.25, -0.2) is 5.43 Å². The normalized spacial score (nSPS) is 13.4. The lowest BCUT2D eigenvalue weighted by Crippen LogP contribution is -2.16. The Morgan fingerprint density at radius 1 is 1.14 bits per heavy atom. The van der Waals surface area contributed by atoms with Crippen LogP contribution in [0.25, 0.3) is 26.7 Å². The number of aromatic nitrogens is 1. The lowest BCUT2D eigenvalue weighted by atomic mass is 9.96. The van der Waals surface area contributed by atoms with Gasteiger partial charge in [0.1, 0.15) is 16.7 Å². The van der Waals surface area contributed by atoms with Crippen molar-refractivity contribution < 1.29 is 9.21 Å². The van der Waals surface area contributed by atoms with Crippen molar-refractivity contribution in [2.75, 3.05) is 0 Å². The number of amides is 1. The Morgan fingerprint density at radius 2 is 1.97 bits per heavy atom. The number of hydrogen-bond acceptors (Lipinski definition) is 5. The van der Waals surface area contributed by atoms with Crippen LogP contribution >= 0.6 is 11.3 Å². The molecule has 7 heteroatoms. The van der Waals surface area contributed by atoms with E-state index in [1.807, 2.05) is 56.3 Å². The van der Waals surface area contributed by atoms with E-state index in [1.54, 1.807) is 23.6 Å². The maximum Gasteiger partial charge on any atom is 0.307 e. The van der Waals surface area contributed by atoms with E-state index in [1.165, 1.54) is 16.9 Å². The second-order valence-corrected chi connectivity index (χ2v) is 10.3. The molecular formula is C29H24N4O2S. The Kier molecular flexibility index (Phi) is 5.46. The lowest BCUT2D eigenvalue weighted by Gasteiger charge is -2.10. The van der Waals surface area contributed by atoms with Crippen LogP contribution in [0.3, 0.4) is 0 Å². The molecule has 0 unspecified atom stereocenters. The molecule has 1 aliphatic rings. The molecule has 1 aliphatic carbocycles. The summed E-state index contributed by atoms with van der Waals surface area (Å²) in [4.78, 5) is 14.1. The number of nitriles is 1. The standard InChI is InChI=1S/C29H24N4O2S/c1-17-13-20(18(2)33(17)29-24(15-30)22-9-5-6-10-27(22)36-29)16-31-32-28(34)26-14-23-21-8-4-3-7-19(21)11-12-25(23)35-26/h3-4,7-8,11-14,16H,5-6,9-10H2,1-2H3,(H,32,34). The van der Waals surface area contributed by atoms with E-state index in [0.29, 0.717) is 5.58 Å². The van der Waals surface area contributed by atoms with Crippen molar-refractivity contribution in [1.29, 1.82) is 5.26 Å². The molecule has 2 aromatic carbocycles. The predicted octanol–water partition coefficient (Wildman–Crippen LogP) is 6.57. The molecule has 1 N–H and O–H groups in total. The van der Waals surface area contributed by atoms with Crippen molar-refractivity contribution >= 4 is 45.2 Å². The van der Waals surface area contributed by atoms with E-state index in [9.17, 15) is 10.1 Å². The summed E-state index contributed by atoms with van der Waals surface area (Å²) in [5.74, 6) is -0.190. The molecule has 3 aromatic heterocycles. The highest BCUT2D eigenvalue weighted by molar-refractivity contribution is 7.15. The highest BCUT2D eigenvalue weighted by atomic mass is 32.1. The second kappa shape index (κ2) is 8.81. The molecule has 3 heterocycles. The van der Waals surface area contributed by atoms with Gasteiger partial charge in [-0.2, -0.15) is 10.4 Å². The van der Waals surface area contributed by atoms with Crippen molar-refractivity contribution in [3.05, 3.63) is 87.2 Å². The van der Waals surface area contributed by atoms with Crippen LogP contribution in [-0.2, 0) is 12.8 Å². The Morgan fingerprint density at radius 3 is 2.83 bits per heavy atom. The topological polar surface area (TPSA) is 83.3 Å². The summed E-state index contributed by atoms with van der Waals surface area (Å²) in [6.45, 7) is 4.04. The molecule has 1 amide bonds. The van der Waals surface area contributed by atoms with Gasteiger partial charge in [-0.1, -0.05) is 30.3 Å². The minimum Gasteiger partial charge on any atom is -0.451 e. The van der Waals surface area contributed by atoms with Crippen LogP contribution in [0, 0.1) is 25.2 Å². The Balaban J connectivity index is 1.26. The summed E-state index contributed by atoms with van der Waals surface area (Å²) >= 11 is 1.72. The molecule has 0 spiro atoms. The third-order valence-corrected chi connectivity index (χ3v) is 8.23. The summed E-state index contributed by atoms with van der Waals surface area (Å²) in [5.41, 5.74) is 8.17. The molecular weight excluding hydrogens is 468 g/mol. The smallest absolute Gasteiger partial charge is 0.307 e. The minimum atomic E-state index is -0.405. The summed E-state index contributed by atoms with van der Waals surface area (Å²) in [5, 5.41) is 18.1. The monoisotopic (exact) mass is 492 g/mol. The van der Waals surface area contributed by atoms with E-state index in [4.69, 9.17) is 4.42 Å². The van der Waals surface area contributed by atoms with Gasteiger partial charge in [0.2, 0.25) is 0 Å².